The summed E-state index contributed by atoms with van der Waals surface area (Å²) in [5, 5.41) is 11.8. The molecule has 7 rings (SSSR count). The summed E-state index contributed by atoms with van der Waals surface area (Å²) in [5.41, 5.74) is 15.4. The van der Waals surface area contributed by atoms with Crippen LogP contribution in [0.3, 0.4) is 0 Å². The lowest BCUT2D eigenvalue weighted by Gasteiger charge is -2.26. The normalized spacial score (nSPS) is 13.6. The van der Waals surface area contributed by atoms with Gasteiger partial charge in [0.05, 0.1) is 22.6 Å². The molecule has 0 aliphatic carbocycles. The second kappa shape index (κ2) is 12.5. The number of nitrogens with one attached hydrogen (secondary N) is 2. The maximum absolute atomic E-state index is 11.8. The first-order valence-electron chi connectivity index (χ1n) is 18.8. The van der Waals surface area contributed by atoms with Crippen molar-refractivity contribution in [2.45, 2.75) is 105 Å². The number of H-pyrrole nitrogens is 2. The molecule has 0 saturated carbocycles. The molecule has 8 bridgehead atoms. The van der Waals surface area contributed by atoms with E-state index in [1.807, 2.05) is 24.3 Å². The van der Waals surface area contributed by atoms with E-state index in [-0.39, 0.29) is 27.4 Å². The van der Waals surface area contributed by atoms with E-state index < -0.39 is 0 Å². The Morgan fingerprint density at radius 3 is 1.36 bits per heavy atom. The molecule has 272 valence electrons. The van der Waals surface area contributed by atoms with E-state index in [4.69, 9.17) is 9.97 Å². The molecule has 5 aromatic rings. The maximum Gasteiger partial charge on any atom is 0.165 e. The van der Waals surface area contributed by atoms with Crippen LogP contribution in [-0.4, -0.2) is 25.0 Å². The number of benzene rings is 2. The molecular weight excluding hydrogens is 649 g/mol. The van der Waals surface area contributed by atoms with Crippen LogP contribution in [0.15, 0.2) is 66.7 Å². The molecule has 0 fully saturated rings. The number of aromatic amines is 2. The van der Waals surface area contributed by atoms with Gasteiger partial charge in [0.1, 0.15) is 5.69 Å². The summed E-state index contributed by atoms with van der Waals surface area (Å²) in [6.07, 6.45) is 8.11. The van der Waals surface area contributed by atoms with Gasteiger partial charge in [-0.3, -0.25) is 0 Å². The number of aromatic nitrogens is 4. The number of nitrogens with zero attached hydrogens (tertiary/aromatic N) is 2. The van der Waals surface area contributed by atoms with Gasteiger partial charge < -0.3 is 15.1 Å². The van der Waals surface area contributed by atoms with E-state index in [0.717, 1.165) is 55.9 Å². The molecule has 0 radical (unpaired) electrons. The fraction of sp³-hybridized carbons (Fsp3) is 0.333. The third-order valence-corrected chi connectivity index (χ3v) is 10.5. The van der Waals surface area contributed by atoms with Crippen LogP contribution in [0.2, 0.25) is 0 Å². The van der Waals surface area contributed by atoms with E-state index in [0.29, 0.717) is 11.2 Å². The number of hydrogen-bond donors (Lipinski definition) is 3. The number of fused-ring (bicyclic) bond motifs is 8. The average Bonchev–Trinajstić information content (AvgIpc) is 3.88. The van der Waals surface area contributed by atoms with Crippen molar-refractivity contribution < 1.29 is 5.11 Å². The summed E-state index contributed by atoms with van der Waals surface area (Å²) >= 11 is 0. The molecule has 0 spiro atoms. The Kier molecular flexibility index (Phi) is 8.52. The Bertz CT molecular complexity index is 2350. The minimum atomic E-state index is -0.0507. The van der Waals surface area contributed by atoms with Crippen LogP contribution in [0.25, 0.3) is 68.6 Å². The quantitative estimate of drug-likeness (QED) is 0.168. The van der Waals surface area contributed by atoms with Gasteiger partial charge in [0.2, 0.25) is 0 Å². The largest absolute Gasteiger partial charge is 0.504 e. The zero-order chi connectivity index (χ0) is 38.2. The Balaban J connectivity index is 1.57. The molecule has 0 atom stereocenters. The predicted molar refractivity (Wildman–Crippen MR) is 226 cm³/mol. The lowest BCUT2D eigenvalue weighted by atomic mass is 9.78. The first-order valence-corrected chi connectivity index (χ1v) is 18.8. The summed E-state index contributed by atoms with van der Waals surface area (Å²) in [4.78, 5) is 17.6. The predicted octanol–water partition coefficient (Wildman–Crippen LogP) is 12.9. The van der Waals surface area contributed by atoms with Crippen molar-refractivity contribution in [1.29, 1.82) is 0 Å². The van der Waals surface area contributed by atoms with Gasteiger partial charge in [0, 0.05) is 27.7 Å². The molecule has 5 heteroatoms. The van der Waals surface area contributed by atoms with Gasteiger partial charge in [-0.2, -0.15) is 0 Å². The zero-order valence-electron chi connectivity index (χ0n) is 33.5. The number of aromatic hydroxyl groups is 1. The fourth-order valence-electron chi connectivity index (χ4n) is 7.01. The molecule has 0 unspecified atom stereocenters. The van der Waals surface area contributed by atoms with Gasteiger partial charge in [-0.25, -0.2) is 9.97 Å². The van der Waals surface area contributed by atoms with Crippen molar-refractivity contribution in [2.24, 2.45) is 0 Å². The maximum atomic E-state index is 11.8. The van der Waals surface area contributed by atoms with Crippen molar-refractivity contribution in [2.75, 3.05) is 0 Å². The molecular formula is C48H54N4O. The van der Waals surface area contributed by atoms with Crippen LogP contribution < -0.4 is 0 Å². The second-order valence-electron chi connectivity index (χ2n) is 18.9. The molecule has 0 amide bonds. The highest BCUT2D eigenvalue weighted by Crippen LogP contribution is 2.40. The highest BCUT2D eigenvalue weighted by molar-refractivity contribution is 5.94. The summed E-state index contributed by atoms with van der Waals surface area (Å²) in [6, 6.07) is 24.2. The minimum absolute atomic E-state index is 0.0507. The van der Waals surface area contributed by atoms with Crippen LogP contribution >= 0.6 is 0 Å². The Morgan fingerprint density at radius 2 is 0.849 bits per heavy atom. The smallest absolute Gasteiger partial charge is 0.165 e. The summed E-state index contributed by atoms with van der Waals surface area (Å²) < 4.78 is 0. The lowest BCUT2D eigenvalue weighted by molar-refractivity contribution is 0.477. The standard InChI is InChI=1S/C48H54N4O/c1-45(2,3)30-21-28(22-31(25-30)46(4,5)6)42-36-15-13-34(49-36)27-35-14-16-37(50-35)43(29-23-32(47(7,8)9)26-33(24-29)48(10,11)12)39-18-20-41(52-39)44(53)40-19-17-38(42)51-40/h13-27,49,52-53H,1-12H3. The van der Waals surface area contributed by atoms with Gasteiger partial charge in [0.25, 0.3) is 0 Å². The summed E-state index contributed by atoms with van der Waals surface area (Å²) in [6.45, 7) is 27.1. The first kappa shape index (κ1) is 36.2. The summed E-state index contributed by atoms with van der Waals surface area (Å²) in [7, 11) is 0. The Morgan fingerprint density at radius 1 is 0.434 bits per heavy atom. The third kappa shape index (κ3) is 7.14. The van der Waals surface area contributed by atoms with E-state index in [9.17, 15) is 5.11 Å². The van der Waals surface area contributed by atoms with E-state index >= 15 is 0 Å². The molecule has 2 aliphatic heterocycles. The van der Waals surface area contributed by atoms with E-state index in [2.05, 4.69) is 160 Å². The van der Waals surface area contributed by atoms with Crippen LogP contribution in [0, 0.1) is 0 Å². The van der Waals surface area contributed by atoms with Crippen molar-refractivity contribution in [1.82, 2.24) is 19.9 Å². The monoisotopic (exact) mass is 702 g/mol. The minimum Gasteiger partial charge on any atom is -0.504 e. The molecule has 3 N–H and O–H groups in total. The lowest BCUT2D eigenvalue weighted by Crippen LogP contribution is -2.16. The van der Waals surface area contributed by atoms with Crippen LogP contribution in [0.4, 0.5) is 0 Å². The number of hydrogen-bond acceptors (Lipinski definition) is 3. The van der Waals surface area contributed by atoms with E-state index in [1.54, 1.807) is 0 Å². The van der Waals surface area contributed by atoms with Crippen LogP contribution in [0.1, 0.15) is 128 Å². The first-order chi connectivity index (χ1) is 24.6. The SMILES string of the molecule is CC(C)(C)c1cc(-c2c3nc(c(O)c4ccc([nH]4)c(-c4cc(C(C)(C)C)cc(C(C)(C)C)c4)c4nc(cc5ccc2[nH]5)C=C4)C=C3)cc(C(C)(C)C)c1. The van der Waals surface area contributed by atoms with Crippen molar-refractivity contribution >= 4 is 46.4 Å². The van der Waals surface area contributed by atoms with Gasteiger partial charge in [-0.05, 0) is 110 Å². The molecule has 2 aliphatic rings. The third-order valence-electron chi connectivity index (χ3n) is 10.5. The van der Waals surface area contributed by atoms with Gasteiger partial charge in [0.15, 0.2) is 5.75 Å². The Hall–Kier alpha value is -5.16. The Labute approximate surface area is 315 Å². The van der Waals surface area contributed by atoms with Crippen LogP contribution in [-0.2, 0) is 21.7 Å². The molecule has 5 heterocycles. The van der Waals surface area contributed by atoms with Crippen LogP contribution in [0.5, 0.6) is 5.75 Å². The molecule has 53 heavy (non-hydrogen) atoms. The highest BCUT2D eigenvalue weighted by atomic mass is 16.3. The van der Waals surface area contributed by atoms with Gasteiger partial charge in [-0.15, -0.1) is 0 Å². The number of rotatable bonds is 2. The molecule has 2 aromatic carbocycles. The van der Waals surface area contributed by atoms with Gasteiger partial charge in [-0.1, -0.05) is 119 Å². The zero-order valence-corrected chi connectivity index (χ0v) is 33.5. The van der Waals surface area contributed by atoms with Gasteiger partial charge >= 0.3 is 0 Å². The van der Waals surface area contributed by atoms with Crippen molar-refractivity contribution in [3.8, 4) is 28.0 Å². The fourth-order valence-corrected chi connectivity index (χ4v) is 7.01. The second-order valence-corrected chi connectivity index (χ2v) is 18.9. The highest BCUT2D eigenvalue weighted by Gasteiger charge is 2.25. The molecule has 3 aromatic heterocycles. The molecule has 5 nitrogen and oxygen atoms in total. The topological polar surface area (TPSA) is 77.6 Å². The average molecular weight is 703 g/mol. The van der Waals surface area contributed by atoms with Crippen molar-refractivity contribution in [3.63, 3.8) is 0 Å². The van der Waals surface area contributed by atoms with E-state index in [1.165, 1.54) is 22.3 Å². The van der Waals surface area contributed by atoms with Crippen molar-refractivity contribution in [3.05, 3.63) is 112 Å². The molecule has 0 saturated heterocycles. The summed E-state index contributed by atoms with van der Waals surface area (Å²) in [5.74, 6) is 0.0996.